The van der Waals surface area contributed by atoms with Crippen molar-refractivity contribution in [2.24, 2.45) is 10.9 Å². The topological polar surface area (TPSA) is 79.8 Å². The summed E-state index contributed by atoms with van der Waals surface area (Å²) in [6.45, 7) is 6.62. The second-order valence-electron chi connectivity index (χ2n) is 5.20. The molecule has 0 heterocycles. The molecule has 0 rings (SSSR count). The fraction of sp³-hybridized carbons (Fsp3) is 0.923. The van der Waals surface area contributed by atoms with Crippen LogP contribution >= 0.6 is 0 Å². The predicted octanol–water partition coefficient (Wildman–Crippen LogP) is 0.649. The summed E-state index contributed by atoms with van der Waals surface area (Å²) in [5.74, 6) is 1.53. The lowest BCUT2D eigenvalue weighted by Crippen LogP contribution is -2.39. The van der Waals surface area contributed by atoms with E-state index >= 15 is 0 Å². The van der Waals surface area contributed by atoms with Crippen molar-refractivity contribution in [2.75, 3.05) is 45.4 Å². The van der Waals surface area contributed by atoms with Crippen LogP contribution in [0.1, 0.15) is 26.7 Å². The second kappa shape index (κ2) is 10.9. The SMILES string of the molecule is CN=C(NCCCC(C)C)NCCOCCS(C)(=O)=O. The second-order valence-corrected chi connectivity index (χ2v) is 7.46. The van der Waals surface area contributed by atoms with E-state index in [4.69, 9.17) is 4.74 Å². The maximum Gasteiger partial charge on any atom is 0.191 e. The van der Waals surface area contributed by atoms with E-state index in [2.05, 4.69) is 29.5 Å². The lowest BCUT2D eigenvalue weighted by Gasteiger charge is -2.12. The summed E-state index contributed by atoms with van der Waals surface area (Å²) >= 11 is 0. The molecule has 0 aliphatic rings. The van der Waals surface area contributed by atoms with Crippen LogP contribution in [0.5, 0.6) is 0 Å². The Balaban J connectivity index is 3.56. The molecule has 6 nitrogen and oxygen atoms in total. The van der Waals surface area contributed by atoms with E-state index in [1.165, 1.54) is 12.7 Å². The van der Waals surface area contributed by atoms with Gasteiger partial charge >= 0.3 is 0 Å². The van der Waals surface area contributed by atoms with Crippen LogP contribution in [0.25, 0.3) is 0 Å². The van der Waals surface area contributed by atoms with E-state index in [-0.39, 0.29) is 12.4 Å². The number of aliphatic imine (C=N–C) groups is 1. The van der Waals surface area contributed by atoms with Crippen molar-refractivity contribution < 1.29 is 13.2 Å². The van der Waals surface area contributed by atoms with E-state index in [1.54, 1.807) is 7.05 Å². The number of hydrogen-bond acceptors (Lipinski definition) is 4. The van der Waals surface area contributed by atoms with Gasteiger partial charge in [-0.05, 0) is 18.8 Å². The van der Waals surface area contributed by atoms with Crippen molar-refractivity contribution in [1.29, 1.82) is 0 Å². The molecular formula is C13H29N3O3S. The Kier molecular flexibility index (Phi) is 10.5. The average molecular weight is 307 g/mol. The lowest BCUT2D eigenvalue weighted by atomic mass is 10.1. The third-order valence-electron chi connectivity index (χ3n) is 2.61. The van der Waals surface area contributed by atoms with Crippen LogP contribution in [-0.4, -0.2) is 59.7 Å². The van der Waals surface area contributed by atoms with Crippen molar-refractivity contribution in [1.82, 2.24) is 10.6 Å². The van der Waals surface area contributed by atoms with E-state index < -0.39 is 9.84 Å². The minimum absolute atomic E-state index is 0.0647. The first kappa shape index (κ1) is 19.2. The highest BCUT2D eigenvalue weighted by molar-refractivity contribution is 7.90. The van der Waals surface area contributed by atoms with E-state index in [0.29, 0.717) is 13.2 Å². The van der Waals surface area contributed by atoms with Crippen molar-refractivity contribution in [3.05, 3.63) is 0 Å². The molecule has 0 unspecified atom stereocenters. The zero-order valence-corrected chi connectivity index (χ0v) is 13.9. The van der Waals surface area contributed by atoms with Gasteiger partial charge in [0.25, 0.3) is 0 Å². The molecule has 0 aromatic rings. The summed E-state index contributed by atoms with van der Waals surface area (Å²) in [5, 5.41) is 6.35. The van der Waals surface area contributed by atoms with Gasteiger partial charge < -0.3 is 15.4 Å². The Morgan fingerprint density at radius 2 is 1.85 bits per heavy atom. The molecule has 0 aromatic carbocycles. The fourth-order valence-corrected chi connectivity index (χ4v) is 1.91. The van der Waals surface area contributed by atoms with Gasteiger partial charge in [-0.3, -0.25) is 4.99 Å². The average Bonchev–Trinajstić information content (AvgIpc) is 2.34. The molecule has 0 atom stereocenters. The van der Waals surface area contributed by atoms with Crippen LogP contribution in [0.15, 0.2) is 4.99 Å². The molecule has 0 bridgehead atoms. The lowest BCUT2D eigenvalue weighted by molar-refractivity contribution is 0.154. The number of nitrogens with one attached hydrogen (secondary N) is 2. The highest BCUT2D eigenvalue weighted by atomic mass is 32.2. The van der Waals surface area contributed by atoms with Crippen LogP contribution < -0.4 is 10.6 Å². The minimum Gasteiger partial charge on any atom is -0.379 e. The number of nitrogens with zero attached hydrogens (tertiary/aromatic N) is 1. The Hall–Kier alpha value is -0.820. The van der Waals surface area contributed by atoms with Crippen LogP contribution in [0.3, 0.4) is 0 Å². The predicted molar refractivity (Wildman–Crippen MR) is 84.0 cm³/mol. The molecule has 7 heteroatoms. The Labute approximate surface area is 123 Å². The molecule has 0 spiro atoms. The zero-order chi connectivity index (χ0) is 15.4. The first-order valence-corrected chi connectivity index (χ1v) is 9.11. The van der Waals surface area contributed by atoms with Crippen molar-refractivity contribution in [3.8, 4) is 0 Å². The van der Waals surface area contributed by atoms with Crippen molar-refractivity contribution >= 4 is 15.8 Å². The summed E-state index contributed by atoms with van der Waals surface area (Å²) in [4.78, 5) is 4.10. The maximum atomic E-state index is 10.9. The van der Waals surface area contributed by atoms with Crippen molar-refractivity contribution in [2.45, 2.75) is 26.7 Å². The fourth-order valence-electron chi connectivity index (χ4n) is 1.49. The van der Waals surface area contributed by atoms with Crippen LogP contribution in [0.4, 0.5) is 0 Å². The quantitative estimate of drug-likeness (QED) is 0.352. The van der Waals surface area contributed by atoms with Gasteiger partial charge in [-0.1, -0.05) is 13.8 Å². The Morgan fingerprint density at radius 1 is 1.20 bits per heavy atom. The van der Waals surface area contributed by atoms with Gasteiger partial charge in [0, 0.05) is 26.4 Å². The highest BCUT2D eigenvalue weighted by Crippen LogP contribution is 2.01. The number of hydrogen-bond donors (Lipinski definition) is 2. The van der Waals surface area contributed by atoms with Gasteiger partial charge in [0.1, 0.15) is 9.84 Å². The summed E-state index contributed by atoms with van der Waals surface area (Å²) < 4.78 is 27.0. The molecular weight excluding hydrogens is 278 g/mol. The monoisotopic (exact) mass is 307 g/mol. The maximum absolute atomic E-state index is 10.9. The van der Waals surface area contributed by atoms with Crippen molar-refractivity contribution in [3.63, 3.8) is 0 Å². The number of sulfone groups is 1. The molecule has 0 saturated carbocycles. The molecule has 2 N–H and O–H groups in total. The minimum atomic E-state index is -2.94. The van der Waals surface area contributed by atoms with Gasteiger partial charge in [-0.25, -0.2) is 8.42 Å². The largest absolute Gasteiger partial charge is 0.379 e. The molecule has 0 aliphatic heterocycles. The standard InChI is InChI=1S/C13H29N3O3S/c1-12(2)6-5-7-15-13(14-3)16-8-9-19-10-11-20(4,17)18/h12H,5-11H2,1-4H3,(H2,14,15,16). The van der Waals surface area contributed by atoms with Gasteiger partial charge in [-0.15, -0.1) is 0 Å². The Bertz CT molecular complexity index is 367. The van der Waals surface area contributed by atoms with E-state index in [1.807, 2.05) is 0 Å². The summed E-state index contributed by atoms with van der Waals surface area (Å²) in [7, 11) is -1.21. The van der Waals surface area contributed by atoms with Gasteiger partial charge in [0.2, 0.25) is 0 Å². The zero-order valence-electron chi connectivity index (χ0n) is 13.1. The molecule has 0 radical (unpaired) electrons. The van der Waals surface area contributed by atoms with E-state index in [9.17, 15) is 8.42 Å². The molecule has 120 valence electrons. The number of ether oxygens (including phenoxy) is 1. The summed E-state index contributed by atoms with van der Waals surface area (Å²) in [6, 6.07) is 0. The number of rotatable bonds is 10. The summed E-state index contributed by atoms with van der Waals surface area (Å²) in [5.41, 5.74) is 0. The molecule has 20 heavy (non-hydrogen) atoms. The van der Waals surface area contributed by atoms with Crippen LogP contribution in [0, 0.1) is 5.92 Å². The molecule has 0 saturated heterocycles. The van der Waals surface area contributed by atoms with Gasteiger partial charge in [0.05, 0.1) is 19.0 Å². The van der Waals surface area contributed by atoms with Crippen LogP contribution in [0.2, 0.25) is 0 Å². The third-order valence-corrected chi connectivity index (χ3v) is 3.52. The molecule has 0 aromatic heterocycles. The molecule has 0 amide bonds. The molecule has 0 fully saturated rings. The van der Waals surface area contributed by atoms with Crippen LogP contribution in [-0.2, 0) is 14.6 Å². The molecule has 0 aliphatic carbocycles. The Morgan fingerprint density at radius 3 is 2.40 bits per heavy atom. The number of guanidine groups is 1. The normalized spacial score (nSPS) is 12.8. The first-order valence-electron chi connectivity index (χ1n) is 7.05. The smallest absolute Gasteiger partial charge is 0.191 e. The summed E-state index contributed by atoms with van der Waals surface area (Å²) in [6.07, 6.45) is 3.51. The third kappa shape index (κ3) is 13.6. The highest BCUT2D eigenvalue weighted by Gasteiger charge is 2.01. The van der Waals surface area contributed by atoms with Gasteiger partial charge in [0.15, 0.2) is 5.96 Å². The van der Waals surface area contributed by atoms with E-state index in [0.717, 1.165) is 24.8 Å². The van der Waals surface area contributed by atoms with Gasteiger partial charge in [-0.2, -0.15) is 0 Å². The first-order chi connectivity index (χ1) is 9.35.